The highest BCUT2D eigenvalue weighted by molar-refractivity contribution is 7.22. The van der Waals surface area contributed by atoms with Crippen LogP contribution in [0.5, 0.6) is 11.5 Å². The summed E-state index contributed by atoms with van der Waals surface area (Å²) in [4.78, 5) is 17.0. The summed E-state index contributed by atoms with van der Waals surface area (Å²) in [7, 11) is 3.21. The van der Waals surface area contributed by atoms with E-state index in [1.807, 2.05) is 48.5 Å². The fraction of sp³-hybridized carbons (Fsp3) is 0.143. The van der Waals surface area contributed by atoms with Crippen molar-refractivity contribution < 1.29 is 14.3 Å². The molecule has 0 atom stereocenters. The second-order valence-electron chi connectivity index (χ2n) is 6.07. The lowest BCUT2D eigenvalue weighted by atomic mass is 10.1. The molecule has 0 aliphatic rings. The molecular formula is C21H18N2O3S. The van der Waals surface area contributed by atoms with E-state index in [1.165, 1.54) is 11.3 Å². The number of ether oxygens (including phenoxy) is 2. The first kappa shape index (κ1) is 17.3. The van der Waals surface area contributed by atoms with Gasteiger partial charge >= 0.3 is 0 Å². The normalized spacial score (nSPS) is 10.9. The van der Waals surface area contributed by atoms with E-state index < -0.39 is 0 Å². The van der Waals surface area contributed by atoms with Gasteiger partial charge in [-0.15, -0.1) is 0 Å². The van der Waals surface area contributed by atoms with E-state index in [0.717, 1.165) is 21.0 Å². The van der Waals surface area contributed by atoms with Crippen molar-refractivity contribution in [3.63, 3.8) is 0 Å². The van der Waals surface area contributed by atoms with Gasteiger partial charge in [0.25, 0.3) is 0 Å². The molecule has 5 nitrogen and oxygen atoms in total. The Morgan fingerprint density at radius 2 is 1.74 bits per heavy atom. The number of nitrogens with one attached hydrogen (secondary N) is 1. The Bertz CT molecular complexity index is 1100. The van der Waals surface area contributed by atoms with Crippen LogP contribution >= 0.6 is 11.3 Å². The summed E-state index contributed by atoms with van der Waals surface area (Å²) in [5.41, 5.74) is 1.64. The van der Waals surface area contributed by atoms with Gasteiger partial charge in [-0.1, -0.05) is 53.8 Å². The fourth-order valence-electron chi connectivity index (χ4n) is 3.04. The second kappa shape index (κ2) is 7.25. The van der Waals surface area contributed by atoms with E-state index in [1.54, 1.807) is 14.2 Å². The molecule has 1 amide bonds. The lowest BCUT2D eigenvalue weighted by molar-refractivity contribution is -0.115. The molecule has 1 aromatic heterocycles. The summed E-state index contributed by atoms with van der Waals surface area (Å²) in [6.07, 6.45) is 0.287. The van der Waals surface area contributed by atoms with Crippen molar-refractivity contribution in [3.8, 4) is 11.5 Å². The zero-order chi connectivity index (χ0) is 18.8. The topological polar surface area (TPSA) is 60.5 Å². The lowest BCUT2D eigenvalue weighted by Crippen LogP contribution is -2.14. The van der Waals surface area contributed by atoms with Crippen LogP contribution in [0.3, 0.4) is 0 Å². The van der Waals surface area contributed by atoms with Crippen molar-refractivity contribution in [2.75, 3.05) is 19.5 Å². The third-order valence-electron chi connectivity index (χ3n) is 4.34. The SMILES string of the molecule is COc1ccc(OC)c2sc(NC(=O)Cc3ccc4ccccc4c3)nc12. The highest BCUT2D eigenvalue weighted by Crippen LogP contribution is 2.38. The first-order valence-corrected chi connectivity index (χ1v) is 9.28. The van der Waals surface area contributed by atoms with E-state index in [0.29, 0.717) is 22.1 Å². The number of rotatable bonds is 5. The highest BCUT2D eigenvalue weighted by atomic mass is 32.1. The molecule has 0 saturated carbocycles. The minimum Gasteiger partial charge on any atom is -0.495 e. The third kappa shape index (κ3) is 3.44. The standard InChI is InChI=1S/C21H18N2O3S/c1-25-16-9-10-17(26-2)20-19(16)23-21(27-20)22-18(24)12-13-7-8-14-5-3-4-6-15(14)11-13/h3-11H,12H2,1-2H3,(H,22,23,24). The fourth-order valence-corrected chi connectivity index (χ4v) is 4.03. The molecule has 4 aromatic rings. The number of amides is 1. The number of anilines is 1. The molecule has 136 valence electrons. The molecule has 4 rings (SSSR count). The quantitative estimate of drug-likeness (QED) is 0.549. The van der Waals surface area contributed by atoms with Gasteiger partial charge in [0.2, 0.25) is 5.91 Å². The summed E-state index contributed by atoms with van der Waals surface area (Å²) in [6, 6.07) is 17.8. The van der Waals surface area contributed by atoms with Crippen LogP contribution in [0.15, 0.2) is 54.6 Å². The van der Waals surface area contributed by atoms with Gasteiger partial charge in [-0.25, -0.2) is 4.98 Å². The first-order valence-electron chi connectivity index (χ1n) is 8.47. The number of aromatic nitrogens is 1. The number of methoxy groups -OCH3 is 2. The predicted octanol–water partition coefficient (Wildman–Crippen LogP) is 4.65. The number of fused-ring (bicyclic) bond motifs is 2. The molecule has 3 aromatic carbocycles. The van der Waals surface area contributed by atoms with E-state index in [9.17, 15) is 4.79 Å². The van der Waals surface area contributed by atoms with Crippen molar-refractivity contribution in [2.45, 2.75) is 6.42 Å². The molecule has 0 spiro atoms. The number of hydrogen-bond donors (Lipinski definition) is 1. The van der Waals surface area contributed by atoms with Gasteiger partial charge in [0.05, 0.1) is 20.6 Å². The van der Waals surface area contributed by atoms with Crippen molar-refractivity contribution in [3.05, 3.63) is 60.2 Å². The van der Waals surface area contributed by atoms with Crippen LogP contribution in [0.4, 0.5) is 5.13 Å². The second-order valence-corrected chi connectivity index (χ2v) is 7.07. The molecule has 0 fully saturated rings. The van der Waals surface area contributed by atoms with Crippen LogP contribution in [0, 0.1) is 0 Å². The minimum atomic E-state index is -0.109. The Labute approximate surface area is 160 Å². The van der Waals surface area contributed by atoms with Crippen LogP contribution in [0.2, 0.25) is 0 Å². The third-order valence-corrected chi connectivity index (χ3v) is 5.32. The first-order chi connectivity index (χ1) is 13.2. The average molecular weight is 378 g/mol. The molecule has 0 aliphatic carbocycles. The maximum atomic E-state index is 12.5. The maximum Gasteiger partial charge on any atom is 0.230 e. The smallest absolute Gasteiger partial charge is 0.230 e. The summed E-state index contributed by atoms with van der Waals surface area (Å²) in [5.74, 6) is 1.25. The van der Waals surface area contributed by atoms with Crippen LogP contribution in [-0.4, -0.2) is 25.1 Å². The van der Waals surface area contributed by atoms with Gasteiger partial charge in [0, 0.05) is 0 Å². The summed E-state index contributed by atoms with van der Waals surface area (Å²) in [6.45, 7) is 0. The molecule has 1 N–H and O–H groups in total. The molecule has 1 heterocycles. The Hall–Kier alpha value is -3.12. The van der Waals surface area contributed by atoms with E-state index in [-0.39, 0.29) is 12.3 Å². The molecule has 27 heavy (non-hydrogen) atoms. The minimum absolute atomic E-state index is 0.109. The summed E-state index contributed by atoms with van der Waals surface area (Å²) >= 11 is 1.37. The summed E-state index contributed by atoms with van der Waals surface area (Å²) < 4.78 is 11.6. The number of hydrogen-bond acceptors (Lipinski definition) is 5. The molecule has 0 aliphatic heterocycles. The van der Waals surface area contributed by atoms with Gasteiger partial charge in [-0.05, 0) is 28.5 Å². The van der Waals surface area contributed by atoms with E-state index in [4.69, 9.17) is 9.47 Å². The van der Waals surface area contributed by atoms with Crippen molar-refractivity contribution >= 4 is 43.4 Å². The number of nitrogens with zero attached hydrogens (tertiary/aromatic N) is 1. The van der Waals surface area contributed by atoms with Crippen molar-refractivity contribution in [2.24, 2.45) is 0 Å². The molecular weight excluding hydrogens is 360 g/mol. The Kier molecular flexibility index (Phi) is 4.64. The van der Waals surface area contributed by atoms with Crippen molar-refractivity contribution in [1.82, 2.24) is 4.98 Å². The van der Waals surface area contributed by atoms with Crippen LogP contribution in [0.1, 0.15) is 5.56 Å². The van der Waals surface area contributed by atoms with E-state index >= 15 is 0 Å². The number of carbonyl (C=O) groups is 1. The lowest BCUT2D eigenvalue weighted by Gasteiger charge is -2.04. The Morgan fingerprint density at radius 1 is 1.00 bits per heavy atom. The molecule has 0 saturated heterocycles. The van der Waals surface area contributed by atoms with E-state index in [2.05, 4.69) is 16.4 Å². The van der Waals surface area contributed by atoms with Gasteiger partial charge < -0.3 is 14.8 Å². The Balaban J connectivity index is 1.56. The van der Waals surface area contributed by atoms with Crippen LogP contribution in [-0.2, 0) is 11.2 Å². The molecule has 0 radical (unpaired) electrons. The largest absolute Gasteiger partial charge is 0.495 e. The maximum absolute atomic E-state index is 12.5. The number of carbonyl (C=O) groups excluding carboxylic acids is 1. The predicted molar refractivity (Wildman–Crippen MR) is 109 cm³/mol. The van der Waals surface area contributed by atoms with Gasteiger partial charge in [0.1, 0.15) is 21.7 Å². The average Bonchev–Trinajstić information content (AvgIpc) is 3.10. The van der Waals surface area contributed by atoms with Gasteiger partial charge in [0.15, 0.2) is 5.13 Å². The zero-order valence-corrected chi connectivity index (χ0v) is 15.8. The number of thiazole rings is 1. The van der Waals surface area contributed by atoms with Gasteiger partial charge in [-0.3, -0.25) is 4.79 Å². The molecule has 0 bridgehead atoms. The number of benzene rings is 3. The monoisotopic (exact) mass is 378 g/mol. The van der Waals surface area contributed by atoms with Crippen LogP contribution in [0.25, 0.3) is 21.0 Å². The molecule has 0 unspecified atom stereocenters. The molecule has 6 heteroatoms. The summed E-state index contributed by atoms with van der Waals surface area (Å²) in [5, 5.41) is 5.70. The van der Waals surface area contributed by atoms with Crippen molar-refractivity contribution in [1.29, 1.82) is 0 Å². The zero-order valence-electron chi connectivity index (χ0n) is 15.0. The Morgan fingerprint density at radius 3 is 2.52 bits per heavy atom. The highest BCUT2D eigenvalue weighted by Gasteiger charge is 2.15. The van der Waals surface area contributed by atoms with Crippen LogP contribution < -0.4 is 14.8 Å². The van der Waals surface area contributed by atoms with Gasteiger partial charge in [-0.2, -0.15) is 0 Å².